The third-order valence-electron chi connectivity index (χ3n) is 2.48. The molecule has 1 heterocycles. The van der Waals surface area contributed by atoms with E-state index in [1.165, 1.54) is 6.33 Å². The van der Waals surface area contributed by atoms with Gasteiger partial charge in [-0.05, 0) is 24.3 Å². The molecule has 94 valence electrons. The van der Waals surface area contributed by atoms with Crippen molar-refractivity contribution in [3.05, 3.63) is 35.7 Å². The lowest BCUT2D eigenvalue weighted by atomic mass is 10.2. The number of benzene rings is 1. The van der Waals surface area contributed by atoms with Gasteiger partial charge in [-0.3, -0.25) is 0 Å². The largest absolute Gasteiger partial charge is 0.393 e. The number of nitrogen functional groups attached to an aromatic ring is 1. The molecule has 2 aromatic rings. The SMILES string of the molecule is CN(C)c1ccc(Nc2ncnc(Cl)c2N)cc1. The van der Waals surface area contributed by atoms with Gasteiger partial charge < -0.3 is 16.0 Å². The van der Waals surface area contributed by atoms with E-state index < -0.39 is 0 Å². The van der Waals surface area contributed by atoms with Gasteiger partial charge in [0.2, 0.25) is 0 Å². The lowest BCUT2D eigenvalue weighted by Gasteiger charge is -2.13. The number of nitrogens with zero attached hydrogens (tertiary/aromatic N) is 3. The third-order valence-corrected chi connectivity index (χ3v) is 2.78. The quantitative estimate of drug-likeness (QED) is 0.833. The predicted molar refractivity (Wildman–Crippen MR) is 75.5 cm³/mol. The molecule has 2 rings (SSSR count). The molecule has 0 saturated carbocycles. The normalized spacial score (nSPS) is 10.2. The molecule has 0 radical (unpaired) electrons. The van der Waals surface area contributed by atoms with Crippen LogP contribution in [0.3, 0.4) is 0 Å². The number of nitrogens with two attached hydrogens (primary N) is 1. The van der Waals surface area contributed by atoms with Crippen LogP contribution < -0.4 is 16.0 Å². The van der Waals surface area contributed by atoms with Crippen molar-refractivity contribution in [2.24, 2.45) is 0 Å². The smallest absolute Gasteiger partial charge is 0.158 e. The van der Waals surface area contributed by atoms with Crippen LogP contribution in [0.25, 0.3) is 0 Å². The highest BCUT2D eigenvalue weighted by Crippen LogP contribution is 2.26. The third kappa shape index (κ3) is 2.62. The lowest BCUT2D eigenvalue weighted by molar-refractivity contribution is 1.13. The molecule has 0 aliphatic rings. The fourth-order valence-electron chi connectivity index (χ4n) is 1.45. The van der Waals surface area contributed by atoms with E-state index in [0.29, 0.717) is 11.5 Å². The minimum atomic E-state index is 0.248. The Morgan fingerprint density at radius 2 is 1.83 bits per heavy atom. The molecule has 3 N–H and O–H groups in total. The summed E-state index contributed by atoms with van der Waals surface area (Å²) in [6, 6.07) is 7.90. The Balaban J connectivity index is 2.21. The number of hydrogen-bond donors (Lipinski definition) is 2. The van der Waals surface area contributed by atoms with Crippen LogP contribution in [-0.2, 0) is 0 Å². The van der Waals surface area contributed by atoms with Crippen molar-refractivity contribution < 1.29 is 0 Å². The van der Waals surface area contributed by atoms with Crippen molar-refractivity contribution in [3.63, 3.8) is 0 Å². The average Bonchev–Trinajstić information content (AvgIpc) is 2.36. The molecule has 5 nitrogen and oxygen atoms in total. The van der Waals surface area contributed by atoms with E-state index in [9.17, 15) is 0 Å². The van der Waals surface area contributed by atoms with Crippen molar-refractivity contribution in [3.8, 4) is 0 Å². The van der Waals surface area contributed by atoms with E-state index in [1.54, 1.807) is 0 Å². The highest BCUT2D eigenvalue weighted by molar-refractivity contribution is 6.32. The van der Waals surface area contributed by atoms with E-state index in [2.05, 4.69) is 15.3 Å². The first-order valence-electron chi connectivity index (χ1n) is 5.38. The molecule has 0 amide bonds. The van der Waals surface area contributed by atoms with Gasteiger partial charge in [0.25, 0.3) is 0 Å². The molecular weight excluding hydrogens is 250 g/mol. The van der Waals surface area contributed by atoms with Gasteiger partial charge in [0.15, 0.2) is 11.0 Å². The Kier molecular flexibility index (Phi) is 3.53. The second-order valence-corrected chi connectivity index (χ2v) is 4.35. The van der Waals surface area contributed by atoms with E-state index in [4.69, 9.17) is 17.3 Å². The minimum Gasteiger partial charge on any atom is -0.393 e. The van der Waals surface area contributed by atoms with Crippen LogP contribution in [-0.4, -0.2) is 24.1 Å². The zero-order chi connectivity index (χ0) is 13.1. The second-order valence-electron chi connectivity index (χ2n) is 3.99. The van der Waals surface area contributed by atoms with Crippen molar-refractivity contribution in [1.82, 2.24) is 9.97 Å². The van der Waals surface area contributed by atoms with Gasteiger partial charge in [-0.2, -0.15) is 0 Å². The van der Waals surface area contributed by atoms with Crippen LogP contribution in [0, 0.1) is 0 Å². The predicted octanol–water partition coefficient (Wildman–Crippen LogP) is 2.52. The summed E-state index contributed by atoms with van der Waals surface area (Å²) in [6.07, 6.45) is 1.37. The Bertz CT molecular complexity index is 539. The summed E-state index contributed by atoms with van der Waals surface area (Å²) in [6.45, 7) is 0. The highest BCUT2D eigenvalue weighted by Gasteiger charge is 2.06. The van der Waals surface area contributed by atoms with Crippen molar-refractivity contribution in [2.45, 2.75) is 0 Å². The second kappa shape index (κ2) is 5.10. The molecule has 0 saturated heterocycles. The summed E-state index contributed by atoms with van der Waals surface area (Å²) in [7, 11) is 3.98. The van der Waals surface area contributed by atoms with Gasteiger partial charge in [0.05, 0.1) is 0 Å². The number of nitrogens with one attached hydrogen (secondary N) is 1. The average molecular weight is 264 g/mol. The van der Waals surface area contributed by atoms with Gasteiger partial charge in [-0.15, -0.1) is 0 Å². The summed E-state index contributed by atoms with van der Waals surface area (Å²) in [4.78, 5) is 9.88. The Hall–Kier alpha value is -2.01. The minimum absolute atomic E-state index is 0.248. The molecular formula is C12H14ClN5. The summed E-state index contributed by atoms with van der Waals surface area (Å²) in [5.41, 5.74) is 8.13. The fourth-order valence-corrected chi connectivity index (χ4v) is 1.59. The number of aromatic nitrogens is 2. The number of anilines is 4. The zero-order valence-corrected chi connectivity index (χ0v) is 10.9. The Morgan fingerprint density at radius 3 is 2.44 bits per heavy atom. The first kappa shape index (κ1) is 12.4. The summed E-state index contributed by atoms with van der Waals surface area (Å²) in [5, 5.41) is 3.35. The molecule has 0 aliphatic carbocycles. The van der Waals surface area contributed by atoms with E-state index in [-0.39, 0.29) is 5.15 Å². The molecule has 0 unspecified atom stereocenters. The molecule has 1 aromatic heterocycles. The first-order chi connectivity index (χ1) is 8.58. The zero-order valence-electron chi connectivity index (χ0n) is 10.2. The topological polar surface area (TPSA) is 67.1 Å². The van der Waals surface area contributed by atoms with Gasteiger partial charge in [-0.1, -0.05) is 11.6 Å². The maximum absolute atomic E-state index is 5.82. The standard InChI is InChI=1S/C12H14ClN5/c1-18(2)9-5-3-8(4-6-9)17-12-10(14)11(13)15-7-16-12/h3-7H,14H2,1-2H3,(H,15,16,17). The number of hydrogen-bond acceptors (Lipinski definition) is 5. The maximum atomic E-state index is 5.82. The van der Waals surface area contributed by atoms with Crippen molar-refractivity contribution in [2.75, 3.05) is 30.0 Å². The summed E-state index contributed by atoms with van der Waals surface area (Å²) in [5.74, 6) is 0.507. The molecule has 0 fully saturated rings. The van der Waals surface area contributed by atoms with Crippen LogP contribution in [0.4, 0.5) is 22.9 Å². The molecule has 0 aliphatic heterocycles. The van der Waals surface area contributed by atoms with Gasteiger partial charge in [0, 0.05) is 25.5 Å². The van der Waals surface area contributed by atoms with E-state index >= 15 is 0 Å². The van der Waals surface area contributed by atoms with Crippen molar-refractivity contribution in [1.29, 1.82) is 0 Å². The van der Waals surface area contributed by atoms with Crippen LogP contribution in [0.15, 0.2) is 30.6 Å². The van der Waals surface area contributed by atoms with Gasteiger partial charge in [-0.25, -0.2) is 9.97 Å². The number of rotatable bonds is 3. The molecule has 6 heteroatoms. The molecule has 0 spiro atoms. The Labute approximate surface area is 111 Å². The summed E-state index contributed by atoms with van der Waals surface area (Å²) >= 11 is 5.82. The van der Waals surface area contributed by atoms with Crippen LogP contribution in [0.2, 0.25) is 5.15 Å². The van der Waals surface area contributed by atoms with Crippen LogP contribution in [0.1, 0.15) is 0 Å². The molecule has 1 aromatic carbocycles. The van der Waals surface area contributed by atoms with Gasteiger partial charge in [0.1, 0.15) is 12.0 Å². The molecule has 0 bridgehead atoms. The summed E-state index contributed by atoms with van der Waals surface area (Å²) < 4.78 is 0. The Morgan fingerprint density at radius 1 is 1.17 bits per heavy atom. The first-order valence-corrected chi connectivity index (χ1v) is 5.76. The number of halogens is 1. The van der Waals surface area contributed by atoms with E-state index in [0.717, 1.165) is 11.4 Å². The fraction of sp³-hybridized carbons (Fsp3) is 0.167. The van der Waals surface area contributed by atoms with Gasteiger partial charge >= 0.3 is 0 Å². The highest BCUT2D eigenvalue weighted by atomic mass is 35.5. The maximum Gasteiger partial charge on any atom is 0.158 e. The van der Waals surface area contributed by atoms with Crippen molar-refractivity contribution >= 4 is 34.5 Å². The lowest BCUT2D eigenvalue weighted by Crippen LogP contribution is -2.08. The monoisotopic (exact) mass is 263 g/mol. The molecule has 18 heavy (non-hydrogen) atoms. The van der Waals surface area contributed by atoms with E-state index in [1.807, 2.05) is 43.3 Å². The molecule has 0 atom stereocenters. The van der Waals surface area contributed by atoms with Crippen LogP contribution >= 0.6 is 11.6 Å². The van der Waals surface area contributed by atoms with Crippen LogP contribution in [0.5, 0.6) is 0 Å².